The van der Waals surface area contributed by atoms with Gasteiger partial charge in [-0.25, -0.2) is 4.98 Å². The van der Waals surface area contributed by atoms with Crippen molar-refractivity contribution in [2.24, 2.45) is 12.8 Å². The van der Waals surface area contributed by atoms with E-state index >= 15 is 0 Å². The van der Waals surface area contributed by atoms with Gasteiger partial charge in [0, 0.05) is 25.2 Å². The van der Waals surface area contributed by atoms with Gasteiger partial charge in [0.05, 0.1) is 23.1 Å². The number of imidazole rings is 1. The SMILES string of the molecule is Cn1cc(-c2ccc3nc[nH]c3c2)c(CCN)n1. The standard InChI is InChI=1S/C13H15N5/c1-18-7-10(11(17-18)4-5-14)9-2-3-12-13(6-9)16-8-15-12/h2-3,6-8H,4-5,14H2,1H3,(H,15,16). The van der Waals surface area contributed by atoms with Crippen LogP contribution >= 0.6 is 0 Å². The zero-order valence-corrected chi connectivity index (χ0v) is 10.2. The van der Waals surface area contributed by atoms with Gasteiger partial charge < -0.3 is 10.7 Å². The van der Waals surface area contributed by atoms with E-state index in [-0.39, 0.29) is 0 Å². The van der Waals surface area contributed by atoms with Crippen LogP contribution in [-0.2, 0) is 13.5 Å². The molecule has 0 aliphatic carbocycles. The van der Waals surface area contributed by atoms with E-state index in [1.807, 2.05) is 24.0 Å². The molecule has 0 aliphatic rings. The van der Waals surface area contributed by atoms with Crippen LogP contribution in [0.1, 0.15) is 5.69 Å². The minimum Gasteiger partial charge on any atom is -0.345 e. The molecule has 0 saturated heterocycles. The fourth-order valence-corrected chi connectivity index (χ4v) is 2.20. The Morgan fingerprint density at radius 2 is 2.28 bits per heavy atom. The molecule has 2 aromatic heterocycles. The molecule has 0 spiro atoms. The normalized spacial score (nSPS) is 11.2. The molecule has 0 aliphatic heterocycles. The number of hydrogen-bond acceptors (Lipinski definition) is 3. The van der Waals surface area contributed by atoms with Crippen LogP contribution in [-0.4, -0.2) is 26.3 Å². The first-order valence-corrected chi connectivity index (χ1v) is 5.94. The zero-order valence-electron chi connectivity index (χ0n) is 10.2. The third kappa shape index (κ3) is 1.78. The van der Waals surface area contributed by atoms with Crippen LogP contribution in [0.4, 0.5) is 0 Å². The first-order valence-electron chi connectivity index (χ1n) is 5.94. The van der Waals surface area contributed by atoms with Crippen LogP contribution in [0.2, 0.25) is 0 Å². The molecule has 0 bridgehead atoms. The third-order valence-corrected chi connectivity index (χ3v) is 3.02. The fraction of sp³-hybridized carbons (Fsp3) is 0.231. The highest BCUT2D eigenvalue weighted by molar-refractivity contribution is 5.81. The lowest BCUT2D eigenvalue weighted by Crippen LogP contribution is -2.04. The lowest BCUT2D eigenvalue weighted by Gasteiger charge is -2.01. The second kappa shape index (κ2) is 4.27. The van der Waals surface area contributed by atoms with Gasteiger partial charge in [0.15, 0.2) is 0 Å². The van der Waals surface area contributed by atoms with Crippen molar-refractivity contribution in [3.8, 4) is 11.1 Å². The number of benzene rings is 1. The molecular formula is C13H15N5. The molecule has 1 aromatic carbocycles. The van der Waals surface area contributed by atoms with Crippen molar-refractivity contribution in [1.29, 1.82) is 0 Å². The van der Waals surface area contributed by atoms with Crippen LogP contribution in [0.3, 0.4) is 0 Å². The Bertz CT molecular complexity index is 680. The summed E-state index contributed by atoms with van der Waals surface area (Å²) in [5.74, 6) is 0. The molecule has 3 N–H and O–H groups in total. The number of aromatic amines is 1. The van der Waals surface area contributed by atoms with Crippen LogP contribution < -0.4 is 5.73 Å². The third-order valence-electron chi connectivity index (χ3n) is 3.02. The predicted octanol–water partition coefficient (Wildman–Crippen LogP) is 1.46. The van der Waals surface area contributed by atoms with Gasteiger partial charge >= 0.3 is 0 Å². The van der Waals surface area contributed by atoms with Crippen molar-refractivity contribution in [3.05, 3.63) is 36.4 Å². The molecule has 0 unspecified atom stereocenters. The smallest absolute Gasteiger partial charge is 0.0931 e. The Hall–Kier alpha value is -2.14. The fourth-order valence-electron chi connectivity index (χ4n) is 2.20. The van der Waals surface area contributed by atoms with E-state index < -0.39 is 0 Å². The molecule has 92 valence electrons. The summed E-state index contributed by atoms with van der Waals surface area (Å²) in [5, 5.41) is 4.46. The number of nitrogens with two attached hydrogens (primary N) is 1. The van der Waals surface area contributed by atoms with E-state index in [0.29, 0.717) is 6.54 Å². The molecule has 2 heterocycles. The maximum Gasteiger partial charge on any atom is 0.0931 e. The maximum atomic E-state index is 5.63. The number of nitrogens with one attached hydrogen (secondary N) is 1. The second-order valence-electron chi connectivity index (χ2n) is 4.34. The Labute approximate surface area is 105 Å². The molecule has 0 atom stereocenters. The Kier molecular flexibility index (Phi) is 2.60. The Balaban J connectivity index is 2.12. The van der Waals surface area contributed by atoms with Gasteiger partial charge in [-0.2, -0.15) is 5.10 Å². The number of nitrogens with zero attached hydrogens (tertiary/aromatic N) is 3. The average Bonchev–Trinajstić information content (AvgIpc) is 2.95. The number of H-pyrrole nitrogens is 1. The Morgan fingerprint density at radius 1 is 1.39 bits per heavy atom. The van der Waals surface area contributed by atoms with Crippen LogP contribution in [0, 0.1) is 0 Å². The van der Waals surface area contributed by atoms with Crippen molar-refractivity contribution in [2.45, 2.75) is 6.42 Å². The average molecular weight is 241 g/mol. The number of aromatic nitrogens is 4. The number of fused-ring (bicyclic) bond motifs is 1. The summed E-state index contributed by atoms with van der Waals surface area (Å²) >= 11 is 0. The zero-order chi connectivity index (χ0) is 12.5. The summed E-state index contributed by atoms with van der Waals surface area (Å²) < 4.78 is 1.83. The summed E-state index contributed by atoms with van der Waals surface area (Å²) in [6, 6.07) is 6.18. The van der Waals surface area contributed by atoms with Gasteiger partial charge in [-0.15, -0.1) is 0 Å². The van der Waals surface area contributed by atoms with Crippen LogP contribution in [0.5, 0.6) is 0 Å². The van der Waals surface area contributed by atoms with E-state index in [9.17, 15) is 0 Å². The van der Waals surface area contributed by atoms with Crippen molar-refractivity contribution in [1.82, 2.24) is 19.7 Å². The van der Waals surface area contributed by atoms with E-state index in [1.54, 1.807) is 6.33 Å². The predicted molar refractivity (Wildman–Crippen MR) is 71.1 cm³/mol. The van der Waals surface area contributed by atoms with Crippen molar-refractivity contribution in [2.75, 3.05) is 6.54 Å². The number of rotatable bonds is 3. The number of hydrogen-bond donors (Lipinski definition) is 2. The van der Waals surface area contributed by atoms with Gasteiger partial charge in [-0.05, 0) is 24.2 Å². The minimum absolute atomic E-state index is 0.607. The molecule has 5 nitrogen and oxygen atoms in total. The van der Waals surface area contributed by atoms with Gasteiger partial charge in [0.2, 0.25) is 0 Å². The molecule has 3 rings (SSSR count). The summed E-state index contributed by atoms with van der Waals surface area (Å²) in [4.78, 5) is 7.35. The van der Waals surface area contributed by atoms with Gasteiger partial charge in [-0.1, -0.05) is 6.07 Å². The van der Waals surface area contributed by atoms with Crippen molar-refractivity contribution in [3.63, 3.8) is 0 Å². The first-order chi connectivity index (χ1) is 8.78. The Morgan fingerprint density at radius 3 is 3.11 bits per heavy atom. The summed E-state index contributed by atoms with van der Waals surface area (Å²) in [6.07, 6.45) is 4.53. The molecular weight excluding hydrogens is 226 g/mol. The van der Waals surface area contributed by atoms with E-state index in [0.717, 1.165) is 34.3 Å². The van der Waals surface area contributed by atoms with E-state index in [2.05, 4.69) is 27.2 Å². The molecule has 3 aromatic rings. The van der Waals surface area contributed by atoms with Crippen molar-refractivity contribution >= 4 is 11.0 Å². The highest BCUT2D eigenvalue weighted by atomic mass is 15.2. The summed E-state index contributed by atoms with van der Waals surface area (Å²) in [5.41, 5.74) is 11.0. The highest BCUT2D eigenvalue weighted by Crippen LogP contribution is 2.25. The molecule has 0 radical (unpaired) electrons. The van der Waals surface area contributed by atoms with Crippen LogP contribution in [0.25, 0.3) is 22.2 Å². The molecule has 5 heteroatoms. The monoisotopic (exact) mass is 241 g/mol. The largest absolute Gasteiger partial charge is 0.345 e. The quantitative estimate of drug-likeness (QED) is 0.729. The van der Waals surface area contributed by atoms with Crippen LogP contribution in [0.15, 0.2) is 30.7 Å². The molecule has 0 saturated carbocycles. The van der Waals surface area contributed by atoms with Gasteiger partial charge in [0.1, 0.15) is 0 Å². The topological polar surface area (TPSA) is 72.5 Å². The van der Waals surface area contributed by atoms with E-state index in [1.165, 1.54) is 0 Å². The molecule has 0 fully saturated rings. The lowest BCUT2D eigenvalue weighted by molar-refractivity contribution is 0.739. The highest BCUT2D eigenvalue weighted by Gasteiger charge is 2.10. The summed E-state index contributed by atoms with van der Waals surface area (Å²) in [6.45, 7) is 0.607. The lowest BCUT2D eigenvalue weighted by atomic mass is 10.0. The van der Waals surface area contributed by atoms with Gasteiger partial charge in [0.25, 0.3) is 0 Å². The van der Waals surface area contributed by atoms with E-state index in [4.69, 9.17) is 5.73 Å². The van der Waals surface area contributed by atoms with Gasteiger partial charge in [-0.3, -0.25) is 4.68 Å². The second-order valence-corrected chi connectivity index (χ2v) is 4.34. The maximum absolute atomic E-state index is 5.63. The molecule has 18 heavy (non-hydrogen) atoms. The van der Waals surface area contributed by atoms with Crippen molar-refractivity contribution < 1.29 is 0 Å². The first kappa shape index (κ1) is 11.0. The molecule has 0 amide bonds. The summed E-state index contributed by atoms with van der Waals surface area (Å²) in [7, 11) is 1.93. The minimum atomic E-state index is 0.607. The number of aryl methyl sites for hydroxylation is 1.